The summed E-state index contributed by atoms with van der Waals surface area (Å²) < 4.78 is 0. The van der Waals surface area contributed by atoms with Crippen molar-refractivity contribution in [1.29, 1.82) is 0 Å². The Morgan fingerprint density at radius 1 is 1.22 bits per heavy atom. The van der Waals surface area contributed by atoms with Gasteiger partial charge in [-0.15, -0.1) is 0 Å². The van der Waals surface area contributed by atoms with Crippen LogP contribution in [0.2, 0.25) is 0 Å². The van der Waals surface area contributed by atoms with Crippen LogP contribution in [0.1, 0.15) is 36.8 Å². The fourth-order valence-corrected chi connectivity index (χ4v) is 3.94. The van der Waals surface area contributed by atoms with E-state index in [9.17, 15) is 4.79 Å². The second-order valence-electron chi connectivity index (χ2n) is 7.71. The number of amides is 2. The molecule has 0 atom stereocenters. The predicted octanol–water partition coefficient (Wildman–Crippen LogP) is 3.01. The zero-order chi connectivity index (χ0) is 16.4. The molecule has 0 radical (unpaired) electrons. The molecule has 1 heterocycles. The number of carbonyl (C=O) groups excluding carboxylic acids is 1. The molecule has 1 saturated carbocycles. The third-order valence-electron chi connectivity index (χ3n) is 5.54. The summed E-state index contributed by atoms with van der Waals surface area (Å²) in [6, 6.07) is 9.32. The van der Waals surface area contributed by atoms with Gasteiger partial charge in [-0.1, -0.05) is 29.8 Å². The smallest absolute Gasteiger partial charge is 0.317 e. The zero-order valence-corrected chi connectivity index (χ0v) is 14.6. The maximum atomic E-state index is 11.7. The van der Waals surface area contributed by atoms with Gasteiger partial charge in [0.1, 0.15) is 0 Å². The average Bonchev–Trinajstić information content (AvgIpc) is 2.50. The maximum Gasteiger partial charge on any atom is 0.317 e. The molecule has 23 heavy (non-hydrogen) atoms. The van der Waals surface area contributed by atoms with Gasteiger partial charge < -0.3 is 10.2 Å². The number of likely N-dealkylation sites (tertiary alicyclic amines) is 1. The van der Waals surface area contributed by atoms with Crippen molar-refractivity contribution >= 4 is 6.03 Å². The summed E-state index contributed by atoms with van der Waals surface area (Å²) in [4.78, 5) is 15.9. The van der Waals surface area contributed by atoms with Crippen LogP contribution in [0.4, 0.5) is 4.79 Å². The topological polar surface area (TPSA) is 35.6 Å². The van der Waals surface area contributed by atoms with Crippen LogP contribution in [0.15, 0.2) is 24.3 Å². The number of piperidine rings is 1. The van der Waals surface area contributed by atoms with Crippen molar-refractivity contribution in [1.82, 2.24) is 15.1 Å². The van der Waals surface area contributed by atoms with Gasteiger partial charge in [0.15, 0.2) is 0 Å². The van der Waals surface area contributed by atoms with E-state index in [0.29, 0.717) is 11.5 Å². The second-order valence-corrected chi connectivity index (χ2v) is 7.71. The normalized spacial score (nSPS) is 21.0. The molecule has 1 spiro atoms. The third kappa shape index (κ3) is 3.86. The summed E-state index contributed by atoms with van der Waals surface area (Å²) in [5.41, 5.74) is 3.23. The van der Waals surface area contributed by atoms with E-state index < -0.39 is 0 Å². The SMILES string of the molecule is Cc1ccc(CN2CCC3(CC2)CC(NC(=O)N(C)C)C3)cc1. The number of hydrogen-bond donors (Lipinski definition) is 1. The molecule has 3 rings (SSSR count). The van der Waals surface area contributed by atoms with Crippen LogP contribution in [0, 0.1) is 12.3 Å². The van der Waals surface area contributed by atoms with Crippen LogP contribution in [0.5, 0.6) is 0 Å². The van der Waals surface area contributed by atoms with E-state index in [1.807, 2.05) is 0 Å². The Morgan fingerprint density at radius 3 is 2.39 bits per heavy atom. The molecule has 4 nitrogen and oxygen atoms in total. The largest absolute Gasteiger partial charge is 0.335 e. The summed E-state index contributed by atoms with van der Waals surface area (Å²) in [5, 5.41) is 3.12. The van der Waals surface area contributed by atoms with E-state index in [1.165, 1.54) is 37.1 Å². The van der Waals surface area contributed by atoms with E-state index in [1.54, 1.807) is 19.0 Å². The van der Waals surface area contributed by atoms with Crippen molar-refractivity contribution in [3.05, 3.63) is 35.4 Å². The Bertz CT molecular complexity index is 536. The molecule has 2 aliphatic rings. The quantitative estimate of drug-likeness (QED) is 0.930. The van der Waals surface area contributed by atoms with Crippen molar-refractivity contribution in [2.75, 3.05) is 27.2 Å². The van der Waals surface area contributed by atoms with Crippen molar-refractivity contribution in [3.8, 4) is 0 Å². The molecule has 2 amide bonds. The molecule has 1 aliphatic heterocycles. The first-order chi connectivity index (χ1) is 11.0. The van der Waals surface area contributed by atoms with Gasteiger partial charge in [-0.2, -0.15) is 0 Å². The van der Waals surface area contributed by atoms with Crippen LogP contribution < -0.4 is 5.32 Å². The lowest BCUT2D eigenvalue weighted by atomic mass is 9.60. The van der Waals surface area contributed by atoms with Crippen molar-refractivity contribution in [2.45, 2.75) is 45.2 Å². The van der Waals surface area contributed by atoms with Gasteiger partial charge in [0.2, 0.25) is 0 Å². The number of aryl methyl sites for hydroxylation is 1. The van der Waals surface area contributed by atoms with Gasteiger partial charge in [-0.25, -0.2) is 4.79 Å². The molecule has 1 saturated heterocycles. The summed E-state index contributed by atoms with van der Waals surface area (Å²) >= 11 is 0. The zero-order valence-electron chi connectivity index (χ0n) is 14.6. The van der Waals surface area contributed by atoms with Gasteiger partial charge in [0, 0.05) is 26.7 Å². The Balaban J connectivity index is 1.43. The highest BCUT2D eigenvalue weighted by Crippen LogP contribution is 2.49. The molecule has 2 fully saturated rings. The average molecular weight is 315 g/mol. The Hall–Kier alpha value is -1.55. The first-order valence-electron chi connectivity index (χ1n) is 8.72. The minimum Gasteiger partial charge on any atom is -0.335 e. The molecule has 4 heteroatoms. The minimum absolute atomic E-state index is 0.0432. The van der Waals surface area contributed by atoms with Crippen LogP contribution in [-0.2, 0) is 6.54 Å². The van der Waals surface area contributed by atoms with Gasteiger partial charge in [0.05, 0.1) is 0 Å². The van der Waals surface area contributed by atoms with E-state index in [-0.39, 0.29) is 6.03 Å². The van der Waals surface area contributed by atoms with E-state index in [2.05, 4.69) is 41.4 Å². The standard InChI is InChI=1S/C19H29N3O/c1-15-4-6-16(7-5-15)14-22-10-8-19(9-11-22)12-17(13-19)20-18(23)21(2)3/h4-7,17H,8-14H2,1-3H3,(H,20,23). The van der Waals surface area contributed by atoms with E-state index >= 15 is 0 Å². The van der Waals surface area contributed by atoms with Crippen molar-refractivity contribution < 1.29 is 4.79 Å². The van der Waals surface area contributed by atoms with Gasteiger partial charge in [0.25, 0.3) is 0 Å². The Morgan fingerprint density at radius 2 is 1.83 bits per heavy atom. The maximum absolute atomic E-state index is 11.7. The molecule has 0 bridgehead atoms. The number of hydrogen-bond acceptors (Lipinski definition) is 2. The number of carbonyl (C=O) groups is 1. The highest BCUT2D eigenvalue weighted by molar-refractivity contribution is 5.74. The second kappa shape index (κ2) is 6.52. The fourth-order valence-electron chi connectivity index (χ4n) is 3.94. The molecule has 1 aliphatic carbocycles. The highest BCUT2D eigenvalue weighted by atomic mass is 16.2. The lowest BCUT2D eigenvalue weighted by Crippen LogP contribution is -2.56. The van der Waals surface area contributed by atoms with Crippen LogP contribution in [-0.4, -0.2) is 49.1 Å². The number of rotatable bonds is 3. The van der Waals surface area contributed by atoms with Gasteiger partial charge in [-0.05, 0) is 56.7 Å². The third-order valence-corrected chi connectivity index (χ3v) is 5.54. The minimum atomic E-state index is 0.0432. The van der Waals surface area contributed by atoms with Crippen LogP contribution >= 0.6 is 0 Å². The van der Waals surface area contributed by atoms with Gasteiger partial charge in [-0.3, -0.25) is 4.90 Å². The molecular weight excluding hydrogens is 286 g/mol. The summed E-state index contributed by atoms with van der Waals surface area (Å²) in [7, 11) is 3.60. The predicted molar refractivity (Wildman–Crippen MR) is 93.4 cm³/mol. The summed E-state index contributed by atoms with van der Waals surface area (Å²) in [6.07, 6.45) is 4.86. The van der Waals surface area contributed by atoms with Crippen molar-refractivity contribution in [2.24, 2.45) is 5.41 Å². The Kier molecular flexibility index (Phi) is 4.62. The highest BCUT2D eigenvalue weighted by Gasteiger charge is 2.46. The fraction of sp³-hybridized carbons (Fsp3) is 0.632. The summed E-state index contributed by atoms with van der Waals surface area (Å²) in [5.74, 6) is 0. The molecule has 126 valence electrons. The molecule has 0 aromatic heterocycles. The van der Waals surface area contributed by atoms with E-state index in [0.717, 1.165) is 19.4 Å². The molecule has 1 aromatic rings. The van der Waals surface area contributed by atoms with Crippen molar-refractivity contribution in [3.63, 3.8) is 0 Å². The summed E-state index contributed by atoms with van der Waals surface area (Å²) in [6.45, 7) is 5.57. The first kappa shape index (κ1) is 16.3. The van der Waals surface area contributed by atoms with E-state index in [4.69, 9.17) is 0 Å². The number of benzene rings is 1. The van der Waals surface area contributed by atoms with Crippen LogP contribution in [0.3, 0.4) is 0 Å². The number of nitrogens with zero attached hydrogens (tertiary/aromatic N) is 2. The first-order valence-corrected chi connectivity index (χ1v) is 8.72. The molecular formula is C19H29N3O. The van der Waals surface area contributed by atoms with Crippen LogP contribution in [0.25, 0.3) is 0 Å². The van der Waals surface area contributed by atoms with Gasteiger partial charge >= 0.3 is 6.03 Å². The molecule has 1 aromatic carbocycles. The number of nitrogens with one attached hydrogen (secondary N) is 1. The molecule has 0 unspecified atom stereocenters. The monoisotopic (exact) mass is 315 g/mol. The lowest BCUT2D eigenvalue weighted by Gasteiger charge is -2.52. The Labute approximate surface area is 139 Å². The number of urea groups is 1. The molecule has 1 N–H and O–H groups in total. The lowest BCUT2D eigenvalue weighted by molar-refractivity contribution is 0.00636.